The van der Waals surface area contributed by atoms with Crippen LogP contribution in [0.4, 0.5) is 5.69 Å². The molecule has 5 unspecified atom stereocenters. The number of anilines is 1. The number of rotatable bonds is 7. The van der Waals surface area contributed by atoms with Crippen molar-refractivity contribution in [3.8, 4) is 5.75 Å². The molecule has 1 saturated heterocycles. The van der Waals surface area contributed by atoms with Gasteiger partial charge in [0.05, 0.1) is 0 Å². The lowest BCUT2D eigenvalue weighted by atomic mass is 9.99. The molecule has 1 aliphatic rings. The number of aliphatic hydroxyl groups is 3. The quantitative estimate of drug-likeness (QED) is 0.317. The normalized spacial score (nSPS) is 26.9. The van der Waals surface area contributed by atoms with Crippen molar-refractivity contribution in [1.82, 2.24) is 5.32 Å². The number of carbonyl (C=O) groups excluding carboxylic acids is 2. The van der Waals surface area contributed by atoms with Gasteiger partial charge in [-0.05, 0) is 24.3 Å². The molecule has 0 spiro atoms. The zero-order valence-corrected chi connectivity index (χ0v) is 14.9. The highest BCUT2D eigenvalue weighted by Crippen LogP contribution is 2.25. The highest BCUT2D eigenvalue weighted by molar-refractivity contribution is 5.91. The van der Waals surface area contributed by atoms with E-state index in [4.69, 9.17) is 14.6 Å². The van der Waals surface area contributed by atoms with E-state index in [1.54, 1.807) is 0 Å². The van der Waals surface area contributed by atoms with E-state index in [0.29, 0.717) is 5.69 Å². The first-order valence-electron chi connectivity index (χ1n) is 8.42. The van der Waals surface area contributed by atoms with Gasteiger partial charge in [0, 0.05) is 25.6 Å². The Morgan fingerprint density at radius 1 is 1.07 bits per heavy atom. The van der Waals surface area contributed by atoms with Gasteiger partial charge in [-0.1, -0.05) is 0 Å². The zero-order valence-electron chi connectivity index (χ0n) is 14.9. The molecule has 1 aromatic rings. The summed E-state index contributed by atoms with van der Waals surface area (Å²) in [4.78, 5) is 33.6. The monoisotopic (exact) mass is 398 g/mol. The van der Waals surface area contributed by atoms with E-state index in [1.165, 1.54) is 31.2 Å². The number of hydrogen-bond donors (Lipinski definition) is 6. The summed E-state index contributed by atoms with van der Waals surface area (Å²) >= 11 is 0. The van der Waals surface area contributed by atoms with Gasteiger partial charge in [0.2, 0.25) is 18.1 Å². The largest absolute Gasteiger partial charge is 0.479 e. The predicted octanol–water partition coefficient (Wildman–Crippen LogP) is -1.58. The van der Waals surface area contributed by atoms with Crippen molar-refractivity contribution >= 4 is 23.5 Å². The topological polar surface area (TPSA) is 175 Å². The Morgan fingerprint density at radius 3 is 2.29 bits per heavy atom. The van der Waals surface area contributed by atoms with Gasteiger partial charge in [-0.3, -0.25) is 9.59 Å². The zero-order chi connectivity index (χ0) is 20.8. The van der Waals surface area contributed by atoms with E-state index in [0.717, 1.165) is 0 Å². The molecule has 11 heteroatoms. The van der Waals surface area contributed by atoms with Crippen molar-refractivity contribution in [2.24, 2.45) is 0 Å². The standard InChI is InChI=1S/C17H22N2O9/c1-8(20)18-7-6-11(21)19-9-2-4-10(5-3-9)27-17-14(24)12(22)13(23)15(28-17)16(25)26/h2-5,12-15,17,22-24H,6-7H2,1H3,(H,18,20)(H,19,21)(H,25,26). The molecule has 6 N–H and O–H groups in total. The van der Waals surface area contributed by atoms with E-state index < -0.39 is 36.7 Å². The average Bonchev–Trinajstić information content (AvgIpc) is 2.63. The predicted molar refractivity (Wildman–Crippen MR) is 93.3 cm³/mol. The van der Waals surface area contributed by atoms with Gasteiger partial charge in [-0.15, -0.1) is 0 Å². The molecule has 1 aromatic carbocycles. The summed E-state index contributed by atoms with van der Waals surface area (Å²) < 4.78 is 10.4. The first-order valence-corrected chi connectivity index (χ1v) is 8.42. The van der Waals surface area contributed by atoms with Gasteiger partial charge < -0.3 is 40.5 Å². The molecule has 0 aliphatic carbocycles. The molecule has 11 nitrogen and oxygen atoms in total. The van der Waals surface area contributed by atoms with E-state index >= 15 is 0 Å². The van der Waals surface area contributed by atoms with Crippen molar-refractivity contribution in [2.75, 3.05) is 11.9 Å². The highest BCUT2D eigenvalue weighted by atomic mass is 16.7. The summed E-state index contributed by atoms with van der Waals surface area (Å²) in [6.07, 6.45) is -8.41. The molecule has 0 aromatic heterocycles. The van der Waals surface area contributed by atoms with E-state index in [-0.39, 0.29) is 30.5 Å². The molecular formula is C17H22N2O9. The molecule has 0 radical (unpaired) electrons. The lowest BCUT2D eigenvalue weighted by molar-refractivity contribution is -0.271. The molecule has 0 saturated carbocycles. The Kier molecular flexibility index (Phi) is 7.29. The number of benzene rings is 1. The minimum atomic E-state index is -1.80. The second kappa shape index (κ2) is 9.46. The van der Waals surface area contributed by atoms with Crippen LogP contribution in [0.5, 0.6) is 5.75 Å². The molecule has 28 heavy (non-hydrogen) atoms. The molecule has 154 valence electrons. The van der Waals surface area contributed by atoms with Crippen LogP contribution >= 0.6 is 0 Å². The second-order valence-corrected chi connectivity index (χ2v) is 6.16. The van der Waals surface area contributed by atoms with Crippen LogP contribution < -0.4 is 15.4 Å². The molecule has 1 heterocycles. The fraction of sp³-hybridized carbons (Fsp3) is 0.471. The Labute approximate surface area is 159 Å². The minimum Gasteiger partial charge on any atom is -0.479 e. The summed E-state index contributed by atoms with van der Waals surface area (Å²) in [7, 11) is 0. The summed E-state index contributed by atoms with van der Waals surface area (Å²) in [6.45, 7) is 1.56. The van der Waals surface area contributed by atoms with E-state index in [2.05, 4.69) is 10.6 Å². The summed E-state index contributed by atoms with van der Waals surface area (Å²) in [5, 5.41) is 43.5. The maximum atomic E-state index is 11.8. The third-order valence-corrected chi connectivity index (χ3v) is 3.93. The fourth-order valence-electron chi connectivity index (χ4n) is 2.48. The minimum absolute atomic E-state index is 0.0940. The van der Waals surface area contributed by atoms with Gasteiger partial charge >= 0.3 is 5.97 Å². The van der Waals surface area contributed by atoms with Gasteiger partial charge in [-0.2, -0.15) is 0 Å². The molecule has 1 fully saturated rings. The number of ether oxygens (including phenoxy) is 2. The van der Waals surface area contributed by atoms with Crippen molar-refractivity contribution in [1.29, 1.82) is 0 Å². The van der Waals surface area contributed by atoms with Gasteiger partial charge in [0.15, 0.2) is 6.10 Å². The third kappa shape index (κ3) is 5.63. The smallest absolute Gasteiger partial charge is 0.335 e. The second-order valence-electron chi connectivity index (χ2n) is 6.16. The molecule has 2 rings (SSSR count). The number of nitrogens with one attached hydrogen (secondary N) is 2. The maximum absolute atomic E-state index is 11.8. The SMILES string of the molecule is CC(=O)NCCC(=O)Nc1ccc(OC2OC(C(=O)O)C(O)C(O)C2O)cc1. The number of hydrogen-bond acceptors (Lipinski definition) is 8. The average molecular weight is 398 g/mol. The Balaban J connectivity index is 1.93. The Bertz CT molecular complexity index is 709. The lowest BCUT2D eigenvalue weighted by Crippen LogP contribution is -2.61. The van der Waals surface area contributed by atoms with Crippen LogP contribution in [-0.2, 0) is 19.1 Å². The number of carbonyl (C=O) groups is 3. The number of carboxylic acid groups (broad SMARTS) is 1. The van der Waals surface area contributed by atoms with Crippen molar-refractivity contribution < 1.29 is 44.3 Å². The molecule has 1 aliphatic heterocycles. The summed E-state index contributed by atoms with van der Waals surface area (Å²) in [5.41, 5.74) is 0.448. The van der Waals surface area contributed by atoms with Gasteiger partial charge in [-0.25, -0.2) is 4.79 Å². The third-order valence-electron chi connectivity index (χ3n) is 3.93. The number of aliphatic hydroxyl groups excluding tert-OH is 3. The number of amides is 2. The van der Waals surface area contributed by atoms with Gasteiger partial charge in [0.1, 0.15) is 24.1 Å². The summed E-state index contributed by atoms with van der Waals surface area (Å²) in [5.74, 6) is -1.88. The molecule has 0 bridgehead atoms. The number of carboxylic acids is 1. The van der Waals surface area contributed by atoms with Crippen LogP contribution in [0.25, 0.3) is 0 Å². The Morgan fingerprint density at radius 2 is 1.71 bits per heavy atom. The maximum Gasteiger partial charge on any atom is 0.335 e. The van der Waals surface area contributed by atoms with Crippen molar-refractivity contribution in [3.63, 3.8) is 0 Å². The summed E-state index contributed by atoms with van der Waals surface area (Å²) in [6, 6.07) is 5.88. The molecule has 5 atom stereocenters. The Hall–Kier alpha value is -2.73. The number of aliphatic carboxylic acids is 1. The van der Waals surface area contributed by atoms with Crippen LogP contribution in [0.2, 0.25) is 0 Å². The van der Waals surface area contributed by atoms with E-state index in [1.807, 2.05) is 0 Å². The highest BCUT2D eigenvalue weighted by Gasteiger charge is 2.48. The first-order chi connectivity index (χ1) is 13.2. The molecular weight excluding hydrogens is 376 g/mol. The van der Waals surface area contributed by atoms with Crippen LogP contribution in [-0.4, -0.2) is 75.5 Å². The fourth-order valence-corrected chi connectivity index (χ4v) is 2.48. The van der Waals surface area contributed by atoms with Crippen LogP contribution in [0.15, 0.2) is 24.3 Å². The first kappa shape index (κ1) is 21.6. The van der Waals surface area contributed by atoms with Crippen LogP contribution in [0.3, 0.4) is 0 Å². The molecule has 2 amide bonds. The van der Waals surface area contributed by atoms with Crippen molar-refractivity contribution in [3.05, 3.63) is 24.3 Å². The van der Waals surface area contributed by atoms with E-state index in [9.17, 15) is 29.7 Å². The van der Waals surface area contributed by atoms with Crippen LogP contribution in [0, 0.1) is 0 Å². The lowest BCUT2D eigenvalue weighted by Gasteiger charge is -2.38. The van der Waals surface area contributed by atoms with Crippen molar-refractivity contribution in [2.45, 2.75) is 44.1 Å². The van der Waals surface area contributed by atoms with Gasteiger partial charge in [0.25, 0.3) is 0 Å². The van der Waals surface area contributed by atoms with Crippen LogP contribution in [0.1, 0.15) is 13.3 Å².